The third-order valence-corrected chi connectivity index (χ3v) is 12.1. The number of carbonyl (C=O) groups excluding carboxylic acids is 2. The maximum Gasteiger partial charge on any atom is 0.472 e. The number of hydrogen-bond donors (Lipinski definition) is 7. The second kappa shape index (κ2) is 37.7. The van der Waals surface area contributed by atoms with Crippen molar-refractivity contribution in [2.75, 3.05) is 13.2 Å². The molecule has 16 nitrogen and oxygen atoms in total. The lowest BCUT2D eigenvalue weighted by Gasteiger charge is -2.43. The first-order valence-electron chi connectivity index (χ1n) is 23.8. The number of aliphatic hydroxyl groups is 4. The summed E-state index contributed by atoms with van der Waals surface area (Å²) in [6.07, 6.45) is 28.9. The predicted molar refractivity (Wildman–Crippen MR) is 250 cm³/mol. The number of phosphoric ester groups is 2. The third kappa shape index (κ3) is 32.2. The number of aliphatic hydroxyl groups excluding tert-OH is 4. The number of hydrogen-bond acceptors (Lipinski definition) is 13. The second-order valence-corrected chi connectivity index (χ2v) is 19.1. The molecule has 8 unspecified atom stereocenters. The molecule has 1 rings (SSSR count). The Morgan fingerprint density at radius 2 is 0.892 bits per heavy atom. The Morgan fingerprint density at radius 1 is 0.492 bits per heavy atom. The van der Waals surface area contributed by atoms with Crippen molar-refractivity contribution in [3.8, 4) is 0 Å². The van der Waals surface area contributed by atoms with Crippen LogP contribution < -0.4 is 0 Å². The molecule has 1 fully saturated rings. The van der Waals surface area contributed by atoms with Gasteiger partial charge in [0.25, 0.3) is 0 Å². The first-order valence-corrected chi connectivity index (χ1v) is 26.9. The van der Waals surface area contributed by atoms with E-state index in [0.29, 0.717) is 12.8 Å². The van der Waals surface area contributed by atoms with Crippen molar-refractivity contribution in [2.45, 2.75) is 211 Å². The van der Waals surface area contributed by atoms with Crippen molar-refractivity contribution in [3.05, 3.63) is 60.8 Å². The summed E-state index contributed by atoms with van der Waals surface area (Å²) in [7, 11) is -10.7. The molecule has 65 heavy (non-hydrogen) atoms. The van der Waals surface area contributed by atoms with Crippen molar-refractivity contribution in [2.24, 2.45) is 0 Å². The minimum Gasteiger partial charge on any atom is -0.462 e. The molecule has 0 aliphatic heterocycles. The molecule has 1 saturated carbocycles. The lowest BCUT2D eigenvalue weighted by atomic mass is 9.85. The summed E-state index contributed by atoms with van der Waals surface area (Å²) in [5.74, 6) is -1.25. The predicted octanol–water partition coefficient (Wildman–Crippen LogP) is 9.06. The number of ether oxygens (including phenoxy) is 2. The number of rotatable bonds is 39. The number of carbonyl (C=O) groups is 2. The summed E-state index contributed by atoms with van der Waals surface area (Å²) in [6, 6.07) is 0. The number of allylic oxidation sites excluding steroid dienone is 10. The molecule has 0 amide bonds. The van der Waals surface area contributed by atoms with E-state index in [1.54, 1.807) is 0 Å². The first kappa shape index (κ1) is 60.7. The van der Waals surface area contributed by atoms with Crippen LogP contribution in [0.1, 0.15) is 168 Å². The Balaban J connectivity index is 2.62. The van der Waals surface area contributed by atoms with Crippen LogP contribution in [-0.4, -0.2) is 103 Å². The van der Waals surface area contributed by atoms with Crippen molar-refractivity contribution in [3.63, 3.8) is 0 Å². The highest BCUT2D eigenvalue weighted by molar-refractivity contribution is 7.47. The second-order valence-electron chi connectivity index (χ2n) is 16.5. The smallest absolute Gasteiger partial charge is 0.462 e. The number of phosphoric acid groups is 2. The van der Waals surface area contributed by atoms with E-state index in [4.69, 9.17) is 18.5 Å². The average molecular weight is 965 g/mol. The van der Waals surface area contributed by atoms with Crippen LogP contribution in [0.2, 0.25) is 0 Å². The standard InChI is InChI=1S/C47H82O16P2/c1-3-5-7-9-11-13-15-17-19-20-22-24-26-28-30-32-34-36-41(49)61-39(37-59-40(48)35-33-31-29-27-25-23-21-18-16-14-12-10-8-6-4-2)38-60-65(57,58)63-47-44(52)42(50)43(51)46(45(47)53)62-64(54,55)56/h11-14,17-19,21-22,24,39,42-47,50-53H,3-10,15-16,20,23,25-38H2,1-2H3,(H,57,58)(H2,54,55,56). The van der Waals surface area contributed by atoms with Crippen LogP contribution in [0.3, 0.4) is 0 Å². The molecule has 0 spiro atoms. The van der Waals surface area contributed by atoms with E-state index in [1.807, 2.05) is 0 Å². The minimum atomic E-state index is -5.37. The summed E-state index contributed by atoms with van der Waals surface area (Å²) in [5.41, 5.74) is 0. The van der Waals surface area contributed by atoms with E-state index < -0.39 is 83.5 Å². The maximum atomic E-state index is 13.0. The average Bonchev–Trinajstić information content (AvgIpc) is 3.26. The zero-order valence-corrected chi connectivity index (χ0v) is 40.7. The van der Waals surface area contributed by atoms with Gasteiger partial charge in [-0.05, 0) is 83.5 Å². The SMILES string of the molecule is CCCCCC=CCC=CCC=CCCCCCCC(=O)OC(COC(=O)CCCCCCCC=CCC=CCCCCC)COP(=O)(O)OC1C(O)C(O)C(O)C(OP(=O)(O)O)C1O. The van der Waals surface area contributed by atoms with Crippen LogP contribution in [-0.2, 0) is 41.8 Å². The van der Waals surface area contributed by atoms with Gasteiger partial charge in [0.2, 0.25) is 0 Å². The quantitative estimate of drug-likeness (QED) is 0.0131. The summed E-state index contributed by atoms with van der Waals surface area (Å²) in [4.78, 5) is 54.3. The van der Waals surface area contributed by atoms with Crippen LogP contribution >= 0.6 is 15.6 Å². The molecule has 1 aliphatic rings. The van der Waals surface area contributed by atoms with Crippen LogP contribution in [0.4, 0.5) is 0 Å². The van der Waals surface area contributed by atoms with Crippen LogP contribution in [0.5, 0.6) is 0 Å². The molecule has 0 aromatic rings. The van der Waals surface area contributed by atoms with Crippen LogP contribution in [0.15, 0.2) is 60.8 Å². The van der Waals surface area contributed by atoms with E-state index in [-0.39, 0.29) is 12.8 Å². The summed E-state index contributed by atoms with van der Waals surface area (Å²) in [5, 5.41) is 41.2. The van der Waals surface area contributed by atoms with Gasteiger partial charge in [0.05, 0.1) is 6.61 Å². The molecule has 0 radical (unpaired) electrons. The van der Waals surface area contributed by atoms with E-state index in [0.717, 1.165) is 89.9 Å². The molecule has 0 aromatic carbocycles. The van der Waals surface area contributed by atoms with E-state index >= 15 is 0 Å². The lowest BCUT2D eigenvalue weighted by Crippen LogP contribution is -2.64. The van der Waals surface area contributed by atoms with Crippen molar-refractivity contribution in [1.82, 2.24) is 0 Å². The van der Waals surface area contributed by atoms with E-state index in [9.17, 15) is 53.8 Å². The van der Waals surface area contributed by atoms with Gasteiger partial charge in [-0.15, -0.1) is 0 Å². The molecule has 18 heteroatoms. The van der Waals surface area contributed by atoms with Gasteiger partial charge in [-0.25, -0.2) is 9.13 Å². The summed E-state index contributed by atoms with van der Waals surface area (Å²) in [6.45, 7) is 3.02. The van der Waals surface area contributed by atoms with Crippen LogP contribution in [0.25, 0.3) is 0 Å². The molecule has 0 heterocycles. The number of esters is 2. The normalized spacial score (nSPS) is 22.2. The molecule has 7 N–H and O–H groups in total. The monoisotopic (exact) mass is 965 g/mol. The largest absolute Gasteiger partial charge is 0.472 e. The molecule has 0 bridgehead atoms. The van der Waals surface area contributed by atoms with E-state index in [2.05, 4.69) is 79.1 Å². The van der Waals surface area contributed by atoms with Gasteiger partial charge in [-0.2, -0.15) is 0 Å². The Hall–Kier alpha value is -2.30. The Kier molecular flexibility index (Phi) is 35.2. The fraction of sp³-hybridized carbons (Fsp3) is 0.745. The molecular formula is C47H82O16P2. The fourth-order valence-electron chi connectivity index (χ4n) is 6.83. The molecular weight excluding hydrogens is 882 g/mol. The Morgan fingerprint density at radius 3 is 1.35 bits per heavy atom. The van der Waals surface area contributed by atoms with Gasteiger partial charge in [0, 0.05) is 12.8 Å². The van der Waals surface area contributed by atoms with Gasteiger partial charge < -0.3 is 44.6 Å². The van der Waals surface area contributed by atoms with Gasteiger partial charge in [0.1, 0.15) is 43.2 Å². The zero-order valence-electron chi connectivity index (χ0n) is 38.9. The lowest BCUT2D eigenvalue weighted by molar-refractivity contribution is -0.216. The van der Waals surface area contributed by atoms with Gasteiger partial charge >= 0.3 is 27.6 Å². The zero-order chi connectivity index (χ0) is 48.2. The summed E-state index contributed by atoms with van der Waals surface area (Å²) < 4.78 is 49.3. The molecule has 0 saturated heterocycles. The summed E-state index contributed by atoms with van der Waals surface area (Å²) >= 11 is 0. The first-order chi connectivity index (χ1) is 31.1. The highest BCUT2D eigenvalue weighted by Crippen LogP contribution is 2.49. The third-order valence-electron chi connectivity index (χ3n) is 10.6. The topological polar surface area (TPSA) is 256 Å². The molecule has 376 valence electrons. The molecule has 0 aromatic heterocycles. The van der Waals surface area contributed by atoms with Crippen molar-refractivity contribution >= 4 is 27.6 Å². The number of unbranched alkanes of at least 4 members (excludes halogenated alkanes) is 15. The molecule has 1 aliphatic carbocycles. The maximum absolute atomic E-state index is 13.0. The van der Waals surface area contributed by atoms with Crippen molar-refractivity contribution < 1.29 is 76.9 Å². The van der Waals surface area contributed by atoms with Crippen molar-refractivity contribution in [1.29, 1.82) is 0 Å². The fourth-order valence-corrected chi connectivity index (χ4v) is 8.37. The van der Waals surface area contributed by atoms with Crippen LogP contribution in [0, 0.1) is 0 Å². The highest BCUT2D eigenvalue weighted by atomic mass is 31.2. The minimum absolute atomic E-state index is 0.0129. The molecule has 8 atom stereocenters. The Bertz CT molecular complexity index is 1490. The highest BCUT2D eigenvalue weighted by Gasteiger charge is 2.54. The van der Waals surface area contributed by atoms with E-state index in [1.165, 1.54) is 38.5 Å². The van der Waals surface area contributed by atoms with Gasteiger partial charge in [-0.3, -0.25) is 23.2 Å². The van der Waals surface area contributed by atoms with Gasteiger partial charge in [-0.1, -0.05) is 132 Å². The Labute approximate surface area is 388 Å². The van der Waals surface area contributed by atoms with Gasteiger partial charge in [0.15, 0.2) is 6.10 Å².